The predicted octanol–water partition coefficient (Wildman–Crippen LogP) is 7.09. The van der Waals surface area contributed by atoms with Crippen molar-refractivity contribution in [1.82, 2.24) is 4.98 Å². The Bertz CT molecular complexity index is 1000. The van der Waals surface area contributed by atoms with Crippen molar-refractivity contribution in [2.75, 3.05) is 11.9 Å². The molecule has 1 N–H and O–H groups in total. The number of anilines is 2. The Morgan fingerprint density at radius 2 is 1.39 bits per heavy atom. The number of benzene rings is 3. The molecule has 0 atom stereocenters. The molecule has 4 rings (SSSR count). The molecule has 0 aliphatic heterocycles. The molecule has 0 saturated heterocycles. The maximum Gasteiger partial charge on any atom is 0.119 e. The quantitative estimate of drug-likeness (QED) is 0.265. The van der Waals surface area contributed by atoms with E-state index in [2.05, 4.69) is 60.8 Å². The summed E-state index contributed by atoms with van der Waals surface area (Å²) >= 11 is 0. The maximum atomic E-state index is 5.86. The minimum absolute atomic E-state index is 0.784. The van der Waals surface area contributed by atoms with Crippen molar-refractivity contribution in [1.29, 1.82) is 0 Å². The second-order valence-electron chi connectivity index (χ2n) is 7.08. The van der Waals surface area contributed by atoms with Crippen LogP contribution >= 0.6 is 0 Å². The first-order valence-electron chi connectivity index (χ1n) is 10.1. The third-order valence-corrected chi connectivity index (χ3v) is 4.98. The van der Waals surface area contributed by atoms with Crippen LogP contribution in [0.5, 0.6) is 5.75 Å². The van der Waals surface area contributed by atoms with E-state index in [4.69, 9.17) is 9.72 Å². The summed E-state index contributed by atoms with van der Waals surface area (Å²) in [5, 5.41) is 5.85. The van der Waals surface area contributed by atoms with Crippen LogP contribution in [-0.4, -0.2) is 11.6 Å². The van der Waals surface area contributed by atoms with E-state index in [1.807, 2.05) is 24.3 Å². The largest absolute Gasteiger partial charge is 0.494 e. The Morgan fingerprint density at radius 1 is 0.750 bits per heavy atom. The zero-order valence-corrected chi connectivity index (χ0v) is 16.3. The SMILES string of the molecule is CCCCCCOc1ccc(Nc2c3ccccc3nc3ccccc23)cc1. The lowest BCUT2D eigenvalue weighted by molar-refractivity contribution is 0.305. The standard InChI is InChI=1S/C25H26N2O/c1-2-3-4-9-18-28-20-16-14-19(15-17-20)26-25-21-10-5-7-12-23(21)27-24-13-8-6-11-22(24)25/h5-8,10-17H,2-4,9,18H2,1H3,(H,26,27). The van der Waals surface area contributed by atoms with Crippen LogP contribution < -0.4 is 10.1 Å². The van der Waals surface area contributed by atoms with Crippen molar-refractivity contribution < 1.29 is 4.74 Å². The molecule has 0 aliphatic rings. The van der Waals surface area contributed by atoms with Crippen molar-refractivity contribution in [2.45, 2.75) is 32.6 Å². The van der Waals surface area contributed by atoms with Crippen LogP contribution in [0.25, 0.3) is 21.8 Å². The average Bonchev–Trinajstić information content (AvgIpc) is 2.74. The first-order valence-corrected chi connectivity index (χ1v) is 10.1. The number of rotatable bonds is 8. The monoisotopic (exact) mass is 370 g/mol. The predicted molar refractivity (Wildman–Crippen MR) is 119 cm³/mol. The van der Waals surface area contributed by atoms with Gasteiger partial charge in [0.25, 0.3) is 0 Å². The number of ether oxygens (including phenoxy) is 1. The van der Waals surface area contributed by atoms with Gasteiger partial charge in [0.1, 0.15) is 5.75 Å². The fourth-order valence-corrected chi connectivity index (χ4v) is 3.47. The molecule has 3 nitrogen and oxygen atoms in total. The van der Waals surface area contributed by atoms with Crippen molar-refractivity contribution in [3.8, 4) is 5.75 Å². The van der Waals surface area contributed by atoms with Gasteiger partial charge in [-0.25, -0.2) is 4.98 Å². The molecular formula is C25H26N2O. The van der Waals surface area contributed by atoms with Gasteiger partial charge in [0.2, 0.25) is 0 Å². The number of pyridine rings is 1. The zero-order valence-electron chi connectivity index (χ0n) is 16.3. The zero-order chi connectivity index (χ0) is 19.2. The van der Waals surface area contributed by atoms with Gasteiger partial charge in [-0.3, -0.25) is 0 Å². The van der Waals surface area contributed by atoms with Crippen LogP contribution in [-0.2, 0) is 0 Å². The summed E-state index contributed by atoms with van der Waals surface area (Å²) in [4.78, 5) is 4.79. The van der Waals surface area contributed by atoms with E-state index in [0.29, 0.717) is 0 Å². The van der Waals surface area contributed by atoms with Gasteiger partial charge >= 0.3 is 0 Å². The molecule has 0 amide bonds. The molecule has 0 fully saturated rings. The molecule has 3 heteroatoms. The van der Waals surface area contributed by atoms with Crippen molar-refractivity contribution in [2.24, 2.45) is 0 Å². The van der Waals surface area contributed by atoms with E-state index in [9.17, 15) is 0 Å². The van der Waals surface area contributed by atoms with E-state index in [0.717, 1.165) is 52.0 Å². The number of aromatic nitrogens is 1. The maximum absolute atomic E-state index is 5.86. The first kappa shape index (κ1) is 18.3. The van der Waals surface area contributed by atoms with Crippen molar-refractivity contribution >= 4 is 33.2 Å². The molecule has 0 saturated carbocycles. The highest BCUT2D eigenvalue weighted by Gasteiger charge is 2.09. The Balaban J connectivity index is 1.56. The van der Waals surface area contributed by atoms with E-state index >= 15 is 0 Å². The van der Waals surface area contributed by atoms with Crippen LogP contribution in [0.1, 0.15) is 32.6 Å². The summed E-state index contributed by atoms with van der Waals surface area (Å²) in [5.41, 5.74) is 4.13. The highest BCUT2D eigenvalue weighted by Crippen LogP contribution is 2.33. The highest BCUT2D eigenvalue weighted by atomic mass is 16.5. The number of hydrogen-bond donors (Lipinski definition) is 1. The minimum Gasteiger partial charge on any atom is -0.494 e. The Kier molecular flexibility index (Phi) is 5.72. The molecule has 1 aromatic heterocycles. The number of nitrogens with zero attached hydrogens (tertiary/aromatic N) is 1. The van der Waals surface area contributed by atoms with Gasteiger partial charge in [-0.1, -0.05) is 62.6 Å². The third kappa shape index (κ3) is 4.09. The van der Waals surface area contributed by atoms with Gasteiger partial charge in [0.15, 0.2) is 0 Å². The second-order valence-corrected chi connectivity index (χ2v) is 7.08. The summed E-state index contributed by atoms with van der Waals surface area (Å²) in [5.74, 6) is 0.923. The molecule has 0 spiro atoms. The summed E-state index contributed by atoms with van der Waals surface area (Å²) in [6.45, 7) is 3.01. The second kappa shape index (κ2) is 8.75. The molecule has 28 heavy (non-hydrogen) atoms. The normalized spacial score (nSPS) is 11.0. The van der Waals surface area contributed by atoms with Gasteiger partial charge in [-0.2, -0.15) is 0 Å². The van der Waals surface area contributed by atoms with E-state index in [1.54, 1.807) is 0 Å². The molecule has 3 aromatic carbocycles. The van der Waals surface area contributed by atoms with Crippen LogP contribution in [0.4, 0.5) is 11.4 Å². The lowest BCUT2D eigenvalue weighted by Gasteiger charge is -2.14. The molecule has 142 valence electrons. The summed E-state index contributed by atoms with van der Waals surface area (Å²) < 4.78 is 5.86. The molecule has 0 unspecified atom stereocenters. The van der Waals surface area contributed by atoms with Crippen molar-refractivity contribution in [3.05, 3.63) is 72.8 Å². The summed E-state index contributed by atoms with van der Waals surface area (Å²) in [6, 6.07) is 24.7. The first-order chi connectivity index (χ1) is 13.8. The van der Waals surface area contributed by atoms with Crippen LogP contribution in [0.15, 0.2) is 72.8 Å². The number of fused-ring (bicyclic) bond motifs is 2. The summed E-state index contributed by atoms with van der Waals surface area (Å²) in [7, 11) is 0. The molecule has 0 bridgehead atoms. The van der Waals surface area contributed by atoms with E-state index < -0.39 is 0 Å². The minimum atomic E-state index is 0.784. The molecule has 1 heterocycles. The van der Waals surface area contributed by atoms with E-state index in [-0.39, 0.29) is 0 Å². The van der Waals surface area contributed by atoms with Crippen LogP contribution in [0.3, 0.4) is 0 Å². The number of para-hydroxylation sites is 2. The van der Waals surface area contributed by atoms with Gasteiger partial charge in [-0.15, -0.1) is 0 Å². The lowest BCUT2D eigenvalue weighted by Crippen LogP contribution is -1.98. The fourth-order valence-electron chi connectivity index (χ4n) is 3.47. The van der Waals surface area contributed by atoms with Crippen LogP contribution in [0.2, 0.25) is 0 Å². The summed E-state index contributed by atoms with van der Waals surface area (Å²) in [6.07, 6.45) is 4.87. The van der Waals surface area contributed by atoms with E-state index in [1.165, 1.54) is 19.3 Å². The average molecular weight is 370 g/mol. The smallest absolute Gasteiger partial charge is 0.119 e. The molecule has 0 aliphatic carbocycles. The van der Waals surface area contributed by atoms with Gasteiger partial charge in [0, 0.05) is 16.5 Å². The Labute approximate surface area is 166 Å². The molecular weight excluding hydrogens is 344 g/mol. The van der Waals surface area contributed by atoms with Gasteiger partial charge in [-0.05, 0) is 42.8 Å². The molecule has 4 aromatic rings. The van der Waals surface area contributed by atoms with Crippen molar-refractivity contribution in [3.63, 3.8) is 0 Å². The lowest BCUT2D eigenvalue weighted by atomic mass is 10.1. The third-order valence-electron chi connectivity index (χ3n) is 4.98. The number of nitrogens with one attached hydrogen (secondary N) is 1. The number of hydrogen-bond acceptors (Lipinski definition) is 3. The van der Waals surface area contributed by atoms with Gasteiger partial charge < -0.3 is 10.1 Å². The fraction of sp³-hybridized carbons (Fsp3) is 0.240. The highest BCUT2D eigenvalue weighted by molar-refractivity contribution is 6.08. The Morgan fingerprint density at radius 3 is 2.04 bits per heavy atom. The topological polar surface area (TPSA) is 34.1 Å². The number of unbranched alkanes of at least 4 members (excludes halogenated alkanes) is 3. The van der Waals surface area contributed by atoms with Gasteiger partial charge in [0.05, 0.1) is 23.3 Å². The molecule has 0 radical (unpaired) electrons. The van der Waals surface area contributed by atoms with Crippen LogP contribution in [0, 0.1) is 0 Å². The Hall–Kier alpha value is -3.07.